The topological polar surface area (TPSA) is 42.7 Å². The average Bonchev–Trinajstić information content (AvgIpc) is 2.68. The van der Waals surface area contributed by atoms with Crippen molar-refractivity contribution in [2.75, 3.05) is 20.1 Å². The second kappa shape index (κ2) is 6.42. The van der Waals surface area contributed by atoms with Crippen LogP contribution in [0, 0.1) is 0 Å². The lowest BCUT2D eigenvalue weighted by molar-refractivity contribution is 0.0106. The van der Waals surface area contributed by atoms with E-state index >= 15 is 0 Å². The molecule has 0 unspecified atom stereocenters. The molecule has 0 aliphatic carbocycles. The van der Waals surface area contributed by atoms with E-state index in [-0.39, 0.29) is 30.2 Å². The van der Waals surface area contributed by atoms with Crippen LogP contribution in [0.15, 0.2) is 21.2 Å². The highest BCUT2D eigenvalue weighted by molar-refractivity contribution is 9.10. The summed E-state index contributed by atoms with van der Waals surface area (Å²) in [7, 11) is 2.07. The summed E-state index contributed by atoms with van der Waals surface area (Å²) >= 11 is 3.15. The molecule has 0 radical (unpaired) electrons. The summed E-state index contributed by atoms with van der Waals surface area (Å²) in [6.07, 6.45) is 1.81. The molecule has 1 aromatic rings. The summed E-state index contributed by atoms with van der Waals surface area (Å²) < 4.78 is 11.0. The third-order valence-corrected chi connectivity index (χ3v) is 3.14. The monoisotopic (exact) mass is 323 g/mol. The zero-order valence-corrected chi connectivity index (χ0v) is 11.9. The Labute approximate surface area is 115 Å². The van der Waals surface area contributed by atoms with Gasteiger partial charge in [-0.05, 0) is 48.0 Å². The van der Waals surface area contributed by atoms with Crippen LogP contribution in [-0.4, -0.2) is 37.1 Å². The lowest BCUT2D eigenvalue weighted by Gasteiger charge is -2.28. The highest BCUT2D eigenvalue weighted by Crippen LogP contribution is 2.18. The first-order valence-electron chi connectivity index (χ1n) is 5.30. The van der Waals surface area contributed by atoms with Gasteiger partial charge >= 0.3 is 5.97 Å². The maximum absolute atomic E-state index is 11.7. The molecule has 0 aromatic carbocycles. The smallest absolute Gasteiger partial charge is 0.374 e. The summed E-state index contributed by atoms with van der Waals surface area (Å²) in [5, 5.41) is 0. The van der Waals surface area contributed by atoms with Crippen LogP contribution in [0.25, 0.3) is 0 Å². The van der Waals surface area contributed by atoms with Gasteiger partial charge < -0.3 is 14.1 Å². The quantitative estimate of drug-likeness (QED) is 0.785. The van der Waals surface area contributed by atoms with Crippen molar-refractivity contribution in [2.24, 2.45) is 0 Å². The fraction of sp³-hybridized carbons (Fsp3) is 0.545. The van der Waals surface area contributed by atoms with E-state index in [0.717, 1.165) is 25.9 Å². The maximum Gasteiger partial charge on any atom is 0.374 e. The molecule has 96 valence electrons. The number of nitrogens with zero attached hydrogens (tertiary/aromatic N) is 1. The first-order chi connectivity index (χ1) is 7.65. The number of piperidine rings is 1. The summed E-state index contributed by atoms with van der Waals surface area (Å²) in [5.74, 6) is -0.119. The van der Waals surface area contributed by atoms with Gasteiger partial charge in [0.25, 0.3) is 0 Å². The zero-order chi connectivity index (χ0) is 11.5. The fourth-order valence-electron chi connectivity index (χ4n) is 1.74. The molecule has 0 N–H and O–H groups in total. The predicted molar refractivity (Wildman–Crippen MR) is 69.6 cm³/mol. The van der Waals surface area contributed by atoms with Crippen LogP contribution in [-0.2, 0) is 4.74 Å². The number of ether oxygens (including phenoxy) is 1. The third-order valence-electron chi connectivity index (χ3n) is 2.71. The molecule has 0 amide bonds. The fourth-order valence-corrected chi connectivity index (χ4v) is 2.04. The molecule has 1 aliphatic rings. The van der Waals surface area contributed by atoms with Crippen LogP contribution in [0.4, 0.5) is 0 Å². The molecular weight excluding hydrogens is 309 g/mol. The molecular formula is C11H15BrClNO3. The zero-order valence-electron chi connectivity index (χ0n) is 9.52. The van der Waals surface area contributed by atoms with Crippen LogP contribution in [0.5, 0.6) is 0 Å². The average molecular weight is 325 g/mol. The minimum absolute atomic E-state index is 0. The van der Waals surface area contributed by atoms with Gasteiger partial charge in [-0.25, -0.2) is 4.79 Å². The van der Waals surface area contributed by atoms with Crippen molar-refractivity contribution in [3.05, 3.63) is 22.6 Å². The maximum atomic E-state index is 11.7. The Morgan fingerprint density at radius 1 is 1.47 bits per heavy atom. The molecule has 1 aromatic heterocycles. The summed E-state index contributed by atoms with van der Waals surface area (Å²) in [4.78, 5) is 13.9. The minimum atomic E-state index is -0.375. The molecule has 0 spiro atoms. The van der Waals surface area contributed by atoms with Gasteiger partial charge in [0.15, 0.2) is 4.67 Å². The van der Waals surface area contributed by atoms with Gasteiger partial charge in [-0.15, -0.1) is 12.4 Å². The van der Waals surface area contributed by atoms with Crippen LogP contribution < -0.4 is 0 Å². The molecule has 0 bridgehead atoms. The summed E-state index contributed by atoms with van der Waals surface area (Å²) in [6, 6.07) is 3.30. The molecule has 17 heavy (non-hydrogen) atoms. The molecule has 1 saturated heterocycles. The Hall–Kier alpha value is -0.520. The number of furan rings is 1. The van der Waals surface area contributed by atoms with Crippen molar-refractivity contribution in [1.82, 2.24) is 4.90 Å². The van der Waals surface area contributed by atoms with Gasteiger partial charge in [-0.3, -0.25) is 0 Å². The Kier molecular flexibility index (Phi) is 5.49. The largest absolute Gasteiger partial charge is 0.456 e. The Morgan fingerprint density at radius 3 is 2.65 bits per heavy atom. The predicted octanol–water partition coefficient (Wildman–Crippen LogP) is 2.71. The van der Waals surface area contributed by atoms with E-state index in [2.05, 4.69) is 27.9 Å². The van der Waals surface area contributed by atoms with E-state index in [1.807, 2.05) is 0 Å². The van der Waals surface area contributed by atoms with E-state index < -0.39 is 0 Å². The molecule has 1 aliphatic heterocycles. The van der Waals surface area contributed by atoms with Crippen LogP contribution in [0.1, 0.15) is 23.4 Å². The first-order valence-corrected chi connectivity index (χ1v) is 6.09. The number of hydrogen-bond donors (Lipinski definition) is 0. The van der Waals surface area contributed by atoms with Gasteiger partial charge in [-0.2, -0.15) is 0 Å². The third kappa shape index (κ3) is 4.01. The van der Waals surface area contributed by atoms with Crippen molar-refractivity contribution in [3.63, 3.8) is 0 Å². The minimum Gasteiger partial charge on any atom is -0.456 e. The SMILES string of the molecule is CN1CCC(OC(=O)c2ccc(Br)o2)CC1.Cl. The molecule has 6 heteroatoms. The second-order valence-corrected chi connectivity index (χ2v) is 4.79. The standard InChI is InChI=1S/C11H14BrNO3.ClH/c1-13-6-4-8(5-7-13)15-11(14)9-2-3-10(12)16-9;/h2-3,8H,4-7H2,1H3;1H. The van der Waals surface area contributed by atoms with E-state index in [1.165, 1.54) is 0 Å². The molecule has 2 heterocycles. The molecule has 2 rings (SSSR count). The van der Waals surface area contributed by atoms with Gasteiger partial charge in [0.05, 0.1) is 0 Å². The van der Waals surface area contributed by atoms with Crippen LogP contribution >= 0.6 is 28.3 Å². The van der Waals surface area contributed by atoms with E-state index in [1.54, 1.807) is 12.1 Å². The Balaban J connectivity index is 0.00000144. The van der Waals surface area contributed by atoms with E-state index in [9.17, 15) is 4.79 Å². The van der Waals surface area contributed by atoms with E-state index in [4.69, 9.17) is 9.15 Å². The summed E-state index contributed by atoms with van der Waals surface area (Å²) in [5.41, 5.74) is 0. The normalized spacial score (nSPS) is 17.5. The van der Waals surface area contributed by atoms with Crippen LogP contribution in [0.2, 0.25) is 0 Å². The van der Waals surface area contributed by atoms with Crippen molar-refractivity contribution < 1.29 is 13.9 Å². The van der Waals surface area contributed by atoms with Crippen molar-refractivity contribution in [3.8, 4) is 0 Å². The second-order valence-electron chi connectivity index (χ2n) is 4.01. The number of esters is 1. The van der Waals surface area contributed by atoms with Crippen LogP contribution in [0.3, 0.4) is 0 Å². The highest BCUT2D eigenvalue weighted by atomic mass is 79.9. The van der Waals surface area contributed by atoms with Gasteiger partial charge in [-0.1, -0.05) is 0 Å². The van der Waals surface area contributed by atoms with Gasteiger partial charge in [0, 0.05) is 13.1 Å². The highest BCUT2D eigenvalue weighted by Gasteiger charge is 2.22. The number of hydrogen-bond acceptors (Lipinski definition) is 4. The van der Waals surface area contributed by atoms with Gasteiger partial charge in [0.2, 0.25) is 5.76 Å². The Bertz CT molecular complexity index is 375. The lowest BCUT2D eigenvalue weighted by Crippen LogP contribution is -2.35. The van der Waals surface area contributed by atoms with Crippen molar-refractivity contribution >= 4 is 34.3 Å². The van der Waals surface area contributed by atoms with Crippen molar-refractivity contribution in [1.29, 1.82) is 0 Å². The first kappa shape index (κ1) is 14.5. The number of carbonyl (C=O) groups excluding carboxylic acids is 1. The van der Waals surface area contributed by atoms with Gasteiger partial charge in [0.1, 0.15) is 6.10 Å². The van der Waals surface area contributed by atoms with E-state index in [0.29, 0.717) is 4.67 Å². The molecule has 4 nitrogen and oxygen atoms in total. The number of rotatable bonds is 2. The Morgan fingerprint density at radius 2 is 2.12 bits per heavy atom. The summed E-state index contributed by atoms with van der Waals surface area (Å²) in [6.45, 7) is 1.94. The lowest BCUT2D eigenvalue weighted by atomic mass is 10.1. The van der Waals surface area contributed by atoms with Crippen molar-refractivity contribution in [2.45, 2.75) is 18.9 Å². The number of carbonyl (C=O) groups is 1. The number of likely N-dealkylation sites (tertiary alicyclic amines) is 1. The molecule has 0 atom stereocenters. The molecule has 0 saturated carbocycles. The number of halogens is 2. The molecule has 1 fully saturated rings.